The lowest BCUT2D eigenvalue weighted by molar-refractivity contribution is 0.174. The van der Waals surface area contributed by atoms with Crippen molar-refractivity contribution >= 4 is 54.1 Å². The third kappa shape index (κ3) is 2.81. The second-order valence-corrected chi connectivity index (χ2v) is 7.17. The van der Waals surface area contributed by atoms with Crippen LogP contribution < -0.4 is 0 Å². The number of benzene rings is 1. The average Bonchev–Trinajstić information content (AvgIpc) is 2.83. The molecule has 102 valence electrons. The second kappa shape index (κ2) is 5.93. The predicted molar refractivity (Wildman–Crippen MR) is 90.1 cm³/mol. The van der Waals surface area contributed by atoms with Crippen molar-refractivity contribution in [2.24, 2.45) is 0 Å². The van der Waals surface area contributed by atoms with E-state index >= 15 is 0 Å². The Hall–Kier alpha value is -0.750. The number of hydrogen-bond donors (Lipinski definition) is 1. The van der Waals surface area contributed by atoms with Gasteiger partial charge in [-0.25, -0.2) is 4.98 Å². The molecule has 0 spiro atoms. The second-order valence-electron chi connectivity index (χ2n) is 4.46. The van der Waals surface area contributed by atoms with E-state index in [-0.39, 0.29) is 0 Å². The van der Waals surface area contributed by atoms with Crippen LogP contribution in [0.4, 0.5) is 0 Å². The summed E-state index contributed by atoms with van der Waals surface area (Å²) < 4.78 is 1.88. The van der Waals surface area contributed by atoms with Gasteiger partial charge < -0.3 is 5.11 Å². The Morgan fingerprint density at radius 1 is 1.15 bits per heavy atom. The van der Waals surface area contributed by atoms with Crippen molar-refractivity contribution < 1.29 is 5.11 Å². The molecular weight excluding hydrogens is 402 g/mol. The van der Waals surface area contributed by atoms with Gasteiger partial charge in [0.2, 0.25) is 0 Å². The van der Waals surface area contributed by atoms with Crippen LogP contribution in [0, 0.1) is 0 Å². The molecule has 0 radical (unpaired) electrons. The smallest absolute Gasteiger partial charge is 0.102 e. The van der Waals surface area contributed by atoms with Crippen LogP contribution in [0.15, 0.2) is 50.7 Å². The summed E-state index contributed by atoms with van der Waals surface area (Å²) in [6.45, 7) is 0. The molecule has 2 aromatic heterocycles. The molecule has 20 heavy (non-hydrogen) atoms. The number of aliphatic hydroxyl groups excluding tert-OH is 1. The van der Waals surface area contributed by atoms with Crippen LogP contribution in [0.25, 0.3) is 10.9 Å². The molecule has 1 atom stereocenters. The van der Waals surface area contributed by atoms with Crippen molar-refractivity contribution in [3.05, 3.63) is 61.3 Å². The van der Waals surface area contributed by atoms with Crippen molar-refractivity contribution in [1.82, 2.24) is 4.98 Å². The summed E-state index contributed by atoms with van der Waals surface area (Å²) >= 11 is 8.63. The zero-order valence-electron chi connectivity index (χ0n) is 10.4. The lowest BCUT2D eigenvalue weighted by Gasteiger charge is -2.12. The fourth-order valence-electron chi connectivity index (χ4n) is 2.08. The predicted octanol–water partition coefficient (Wildman–Crippen LogP) is 5.10. The maximum Gasteiger partial charge on any atom is 0.102 e. The van der Waals surface area contributed by atoms with Gasteiger partial charge in [0.25, 0.3) is 0 Å². The maximum absolute atomic E-state index is 10.5. The first-order valence-corrected chi connectivity index (χ1v) is 8.57. The maximum atomic E-state index is 10.5. The van der Waals surface area contributed by atoms with Crippen LogP contribution in [0.2, 0.25) is 0 Å². The Morgan fingerprint density at radius 3 is 2.70 bits per heavy atom. The van der Waals surface area contributed by atoms with E-state index in [0.717, 1.165) is 24.7 Å². The van der Waals surface area contributed by atoms with Gasteiger partial charge in [-0.05, 0) is 55.4 Å². The topological polar surface area (TPSA) is 33.1 Å². The number of thiophene rings is 1. The van der Waals surface area contributed by atoms with Crippen LogP contribution in [-0.4, -0.2) is 10.1 Å². The molecule has 0 amide bonds. The number of halogens is 2. The summed E-state index contributed by atoms with van der Waals surface area (Å²) in [5, 5.41) is 13.5. The minimum Gasteiger partial charge on any atom is -0.386 e. The van der Waals surface area contributed by atoms with Gasteiger partial charge in [-0.2, -0.15) is 0 Å². The van der Waals surface area contributed by atoms with Crippen molar-refractivity contribution in [3.63, 3.8) is 0 Å². The van der Waals surface area contributed by atoms with Crippen molar-refractivity contribution in [1.29, 1.82) is 0 Å². The monoisotopic (exact) mass is 411 g/mol. The molecule has 0 aliphatic rings. The van der Waals surface area contributed by atoms with Gasteiger partial charge in [0.1, 0.15) is 6.10 Å². The van der Waals surface area contributed by atoms with Gasteiger partial charge in [0.05, 0.1) is 11.2 Å². The highest BCUT2D eigenvalue weighted by atomic mass is 79.9. The minimum absolute atomic E-state index is 0.558. The third-order valence-corrected chi connectivity index (χ3v) is 5.67. The number of aliphatic hydroxyl groups is 1. The quantitative estimate of drug-likeness (QED) is 0.649. The molecule has 3 aromatic rings. The Kier molecular flexibility index (Phi) is 4.21. The number of hydrogen-bond acceptors (Lipinski definition) is 3. The van der Waals surface area contributed by atoms with E-state index in [9.17, 15) is 5.11 Å². The Balaban J connectivity index is 1.96. The van der Waals surface area contributed by atoms with E-state index < -0.39 is 6.10 Å². The summed E-state index contributed by atoms with van der Waals surface area (Å²) in [5.74, 6) is 0. The summed E-state index contributed by atoms with van der Waals surface area (Å²) in [6.07, 6.45) is -0.0636. The number of aromatic nitrogens is 1. The fraction of sp³-hybridized carbons (Fsp3) is 0.133. The van der Waals surface area contributed by atoms with Gasteiger partial charge in [0.15, 0.2) is 0 Å². The molecule has 0 fully saturated rings. The van der Waals surface area contributed by atoms with Gasteiger partial charge in [-0.1, -0.05) is 18.2 Å². The first-order chi connectivity index (χ1) is 9.65. The van der Waals surface area contributed by atoms with Gasteiger partial charge in [-0.15, -0.1) is 11.3 Å². The summed E-state index contributed by atoms with van der Waals surface area (Å²) in [6, 6.07) is 11.9. The molecule has 0 aliphatic heterocycles. The van der Waals surface area contributed by atoms with Crippen LogP contribution in [0.3, 0.4) is 0 Å². The summed E-state index contributed by atoms with van der Waals surface area (Å²) in [4.78, 5) is 5.70. The van der Waals surface area contributed by atoms with Crippen molar-refractivity contribution in [3.8, 4) is 0 Å². The zero-order valence-corrected chi connectivity index (χ0v) is 14.4. The number of nitrogens with zero attached hydrogens (tertiary/aromatic N) is 1. The normalized spacial score (nSPS) is 12.8. The van der Waals surface area contributed by atoms with Crippen LogP contribution in [0.5, 0.6) is 0 Å². The van der Waals surface area contributed by atoms with E-state index in [1.165, 1.54) is 0 Å². The van der Waals surface area contributed by atoms with E-state index in [4.69, 9.17) is 0 Å². The molecule has 0 aliphatic carbocycles. The SMILES string of the molecule is OC(Cc1sccc1Br)c1nc2ccccc2cc1Br. The highest BCUT2D eigenvalue weighted by molar-refractivity contribution is 9.10. The molecule has 2 heterocycles. The lowest BCUT2D eigenvalue weighted by Crippen LogP contribution is -2.05. The molecule has 0 bridgehead atoms. The molecule has 0 saturated carbocycles. The van der Waals surface area contributed by atoms with Crippen molar-refractivity contribution in [2.75, 3.05) is 0 Å². The number of rotatable bonds is 3. The number of fused-ring (bicyclic) bond motifs is 1. The van der Waals surface area contributed by atoms with E-state index in [0.29, 0.717) is 12.1 Å². The Bertz CT molecular complexity index is 756. The molecule has 1 unspecified atom stereocenters. The Morgan fingerprint density at radius 2 is 1.95 bits per heavy atom. The molecule has 0 saturated heterocycles. The van der Waals surface area contributed by atoms with Gasteiger partial charge in [0, 0.05) is 25.6 Å². The third-order valence-electron chi connectivity index (χ3n) is 3.09. The summed E-state index contributed by atoms with van der Waals surface area (Å²) in [5.41, 5.74) is 1.58. The zero-order chi connectivity index (χ0) is 14.1. The fourth-order valence-corrected chi connectivity index (χ4v) is 4.23. The average molecular weight is 413 g/mol. The minimum atomic E-state index is -0.621. The molecule has 3 rings (SSSR count). The highest BCUT2D eigenvalue weighted by Crippen LogP contribution is 2.31. The van der Waals surface area contributed by atoms with Crippen molar-refractivity contribution in [2.45, 2.75) is 12.5 Å². The van der Waals surface area contributed by atoms with E-state index in [1.54, 1.807) is 11.3 Å². The molecule has 5 heteroatoms. The van der Waals surface area contributed by atoms with Gasteiger partial charge in [-0.3, -0.25) is 0 Å². The van der Waals surface area contributed by atoms with Gasteiger partial charge >= 0.3 is 0 Å². The number of para-hydroxylation sites is 1. The van der Waals surface area contributed by atoms with Crippen LogP contribution in [-0.2, 0) is 6.42 Å². The Labute approximate surface area is 137 Å². The first-order valence-electron chi connectivity index (χ1n) is 6.10. The molecule has 2 nitrogen and oxygen atoms in total. The lowest BCUT2D eigenvalue weighted by atomic mass is 10.1. The summed E-state index contributed by atoms with van der Waals surface area (Å²) in [7, 11) is 0. The van der Waals surface area contributed by atoms with E-state index in [1.807, 2.05) is 41.8 Å². The van der Waals surface area contributed by atoms with Crippen LogP contribution >= 0.6 is 43.2 Å². The molecule has 1 N–H and O–H groups in total. The highest BCUT2D eigenvalue weighted by Gasteiger charge is 2.16. The molecular formula is C15H11Br2NOS. The molecule has 1 aromatic carbocycles. The largest absolute Gasteiger partial charge is 0.386 e. The van der Waals surface area contributed by atoms with Crippen LogP contribution in [0.1, 0.15) is 16.7 Å². The number of pyridine rings is 1. The first kappa shape index (κ1) is 14.2. The van der Waals surface area contributed by atoms with E-state index in [2.05, 4.69) is 36.8 Å². The standard InChI is InChI=1S/C15H11Br2NOS/c16-10-5-6-20-14(10)8-13(19)15-11(17)7-9-3-1-2-4-12(9)18-15/h1-7,13,19H,8H2.